The van der Waals surface area contributed by atoms with E-state index in [1.807, 2.05) is 42.5 Å². The molecular weight excluding hydrogens is 419 g/mol. The van der Waals surface area contributed by atoms with Crippen LogP contribution < -0.4 is 10.2 Å². The van der Waals surface area contributed by atoms with Gasteiger partial charge >= 0.3 is 0 Å². The molecule has 32 heavy (non-hydrogen) atoms. The average Bonchev–Trinajstić information content (AvgIpc) is 3.41. The van der Waals surface area contributed by atoms with E-state index in [0.29, 0.717) is 10.7 Å². The molecule has 2 atom stereocenters. The second kappa shape index (κ2) is 8.20. The zero-order valence-corrected chi connectivity index (χ0v) is 18.7. The lowest BCUT2D eigenvalue weighted by atomic mass is 10.00. The monoisotopic (exact) mass is 442 g/mol. The summed E-state index contributed by atoms with van der Waals surface area (Å²) >= 11 is 5.80. The molecule has 5 rings (SSSR count). The molecule has 160 valence electrons. The van der Waals surface area contributed by atoms with Crippen molar-refractivity contribution in [3.05, 3.63) is 114 Å². The minimum Gasteiger partial charge on any atom is -0.351 e. The number of nitrogens with one attached hydrogen (secondary N) is 1. The van der Waals surface area contributed by atoms with E-state index in [9.17, 15) is 4.39 Å². The van der Waals surface area contributed by atoms with Crippen LogP contribution in [0.3, 0.4) is 0 Å². The summed E-state index contributed by atoms with van der Waals surface area (Å²) in [6, 6.07) is 23.2. The molecule has 6 heteroatoms. The fourth-order valence-electron chi connectivity index (χ4n) is 4.40. The summed E-state index contributed by atoms with van der Waals surface area (Å²) in [5.74, 6) is -0.229. The summed E-state index contributed by atoms with van der Waals surface area (Å²) in [6.45, 7) is 3.88. The predicted octanol–water partition coefficient (Wildman–Crippen LogP) is 5.81. The van der Waals surface area contributed by atoms with Gasteiger partial charge in [0.2, 0.25) is 0 Å². The first-order valence-electron chi connectivity index (χ1n) is 10.5. The SMILES string of the molecule is Cc1cc(N2C(=S)N[C@@H](c3ccccn3)[C@@H]2c2cccn2-c2ccccc2C)ccc1F. The lowest BCUT2D eigenvalue weighted by Gasteiger charge is -2.29. The Kier molecular flexibility index (Phi) is 5.23. The van der Waals surface area contributed by atoms with Gasteiger partial charge in [0.1, 0.15) is 11.9 Å². The van der Waals surface area contributed by atoms with E-state index in [1.165, 1.54) is 11.6 Å². The number of pyridine rings is 1. The highest BCUT2D eigenvalue weighted by Crippen LogP contribution is 2.42. The van der Waals surface area contributed by atoms with Crippen LogP contribution in [0.1, 0.15) is 34.6 Å². The molecule has 1 N–H and O–H groups in total. The summed E-state index contributed by atoms with van der Waals surface area (Å²) in [5, 5.41) is 4.06. The third-order valence-corrected chi connectivity index (χ3v) is 6.29. The highest BCUT2D eigenvalue weighted by atomic mass is 32.1. The predicted molar refractivity (Wildman–Crippen MR) is 130 cm³/mol. The number of nitrogens with zero attached hydrogens (tertiary/aromatic N) is 3. The van der Waals surface area contributed by atoms with Gasteiger partial charge in [0.05, 0.1) is 11.7 Å². The highest BCUT2D eigenvalue weighted by molar-refractivity contribution is 7.80. The largest absolute Gasteiger partial charge is 0.351 e. The van der Waals surface area contributed by atoms with Crippen LogP contribution in [-0.4, -0.2) is 14.7 Å². The number of benzene rings is 2. The molecule has 0 spiro atoms. The van der Waals surface area contributed by atoms with Crippen molar-refractivity contribution in [3.63, 3.8) is 0 Å². The first-order chi connectivity index (χ1) is 15.5. The maximum Gasteiger partial charge on any atom is 0.174 e. The van der Waals surface area contributed by atoms with Crippen LogP contribution in [0.25, 0.3) is 5.69 Å². The number of hydrogen-bond donors (Lipinski definition) is 1. The van der Waals surface area contributed by atoms with Crippen LogP contribution in [0.2, 0.25) is 0 Å². The first-order valence-corrected chi connectivity index (χ1v) is 11.0. The number of thiocarbonyl (C=S) groups is 1. The molecule has 4 aromatic rings. The van der Waals surface area contributed by atoms with E-state index >= 15 is 0 Å². The maximum absolute atomic E-state index is 14.0. The van der Waals surface area contributed by atoms with Crippen molar-refractivity contribution in [2.45, 2.75) is 25.9 Å². The van der Waals surface area contributed by atoms with Crippen LogP contribution in [0, 0.1) is 19.7 Å². The number of anilines is 1. The molecule has 3 heterocycles. The summed E-state index contributed by atoms with van der Waals surface area (Å²) in [4.78, 5) is 6.69. The topological polar surface area (TPSA) is 33.1 Å². The van der Waals surface area contributed by atoms with Gasteiger partial charge in [0.25, 0.3) is 0 Å². The van der Waals surface area contributed by atoms with Crippen LogP contribution in [0.15, 0.2) is 85.2 Å². The lowest BCUT2D eigenvalue weighted by Crippen LogP contribution is -2.30. The number of halogens is 1. The second-order valence-electron chi connectivity index (χ2n) is 8.02. The Morgan fingerprint density at radius 1 is 0.938 bits per heavy atom. The van der Waals surface area contributed by atoms with Gasteiger partial charge in [-0.2, -0.15) is 0 Å². The minimum absolute atomic E-state index is 0.160. The molecule has 2 aromatic heterocycles. The van der Waals surface area contributed by atoms with Crippen molar-refractivity contribution in [2.24, 2.45) is 0 Å². The third-order valence-electron chi connectivity index (χ3n) is 5.98. The van der Waals surface area contributed by atoms with Gasteiger partial charge in [-0.1, -0.05) is 24.3 Å². The van der Waals surface area contributed by atoms with E-state index in [0.717, 1.165) is 22.8 Å². The molecule has 0 unspecified atom stereocenters. The number of para-hydroxylation sites is 1. The molecule has 1 aliphatic rings. The Labute approximate surface area is 192 Å². The quantitative estimate of drug-likeness (QED) is 0.405. The van der Waals surface area contributed by atoms with Gasteiger partial charge in [0, 0.05) is 29.5 Å². The van der Waals surface area contributed by atoms with E-state index < -0.39 is 0 Å². The van der Waals surface area contributed by atoms with Gasteiger partial charge in [-0.05, 0) is 85.7 Å². The van der Waals surface area contributed by atoms with Crippen LogP contribution in [0.5, 0.6) is 0 Å². The van der Waals surface area contributed by atoms with E-state index in [2.05, 4.69) is 51.1 Å². The number of rotatable bonds is 4. The van der Waals surface area contributed by atoms with E-state index in [1.54, 1.807) is 19.2 Å². The Morgan fingerprint density at radius 3 is 2.50 bits per heavy atom. The second-order valence-corrected chi connectivity index (χ2v) is 8.41. The van der Waals surface area contributed by atoms with Crippen molar-refractivity contribution in [1.82, 2.24) is 14.9 Å². The Balaban J connectivity index is 1.69. The van der Waals surface area contributed by atoms with Gasteiger partial charge in [-0.25, -0.2) is 4.39 Å². The smallest absolute Gasteiger partial charge is 0.174 e. The molecule has 1 saturated heterocycles. The minimum atomic E-state index is -0.229. The molecule has 4 nitrogen and oxygen atoms in total. The van der Waals surface area contributed by atoms with Crippen molar-refractivity contribution >= 4 is 23.0 Å². The molecule has 0 bridgehead atoms. The van der Waals surface area contributed by atoms with Crippen molar-refractivity contribution in [3.8, 4) is 5.69 Å². The van der Waals surface area contributed by atoms with E-state index in [-0.39, 0.29) is 17.9 Å². The fourth-order valence-corrected chi connectivity index (χ4v) is 4.75. The number of hydrogen-bond acceptors (Lipinski definition) is 2. The Hall–Kier alpha value is -3.51. The molecular formula is C26H23FN4S. The molecule has 0 saturated carbocycles. The Morgan fingerprint density at radius 2 is 1.75 bits per heavy atom. The normalized spacial score (nSPS) is 18.1. The summed E-state index contributed by atoms with van der Waals surface area (Å²) in [5.41, 5.74) is 5.70. The zero-order valence-electron chi connectivity index (χ0n) is 17.9. The molecule has 1 aliphatic heterocycles. The summed E-state index contributed by atoms with van der Waals surface area (Å²) in [7, 11) is 0. The van der Waals surface area contributed by atoms with Crippen molar-refractivity contribution in [1.29, 1.82) is 0 Å². The van der Waals surface area contributed by atoms with Gasteiger partial charge in [0.15, 0.2) is 5.11 Å². The zero-order chi connectivity index (χ0) is 22.2. The average molecular weight is 443 g/mol. The van der Waals surface area contributed by atoms with E-state index in [4.69, 9.17) is 12.2 Å². The third kappa shape index (κ3) is 3.46. The maximum atomic E-state index is 14.0. The van der Waals surface area contributed by atoms with Gasteiger partial charge < -0.3 is 14.8 Å². The summed E-state index contributed by atoms with van der Waals surface area (Å²) in [6.07, 6.45) is 3.87. The van der Waals surface area contributed by atoms with Crippen molar-refractivity contribution < 1.29 is 4.39 Å². The van der Waals surface area contributed by atoms with Crippen LogP contribution in [-0.2, 0) is 0 Å². The van der Waals surface area contributed by atoms with Gasteiger partial charge in [-0.3, -0.25) is 4.98 Å². The molecule has 0 radical (unpaired) electrons. The number of aromatic nitrogens is 2. The molecule has 2 aromatic carbocycles. The van der Waals surface area contributed by atoms with Gasteiger partial charge in [-0.15, -0.1) is 0 Å². The molecule has 0 amide bonds. The lowest BCUT2D eigenvalue weighted by molar-refractivity contribution is 0.548. The first kappa shape index (κ1) is 20.4. The molecule has 1 fully saturated rings. The standard InChI is InChI=1S/C26H23FN4S/c1-17-8-3-4-10-22(17)30-15-7-11-23(30)25-24(21-9-5-6-14-28-21)29-26(32)31(25)19-12-13-20(27)18(2)16-19/h3-16,24-25H,1-2H3,(H,29,32)/t24-,25-/m0/s1. The highest BCUT2D eigenvalue weighted by Gasteiger charge is 2.42. The summed E-state index contributed by atoms with van der Waals surface area (Å²) < 4.78 is 16.2. The van der Waals surface area contributed by atoms with Crippen LogP contribution in [0.4, 0.5) is 10.1 Å². The Bertz CT molecular complexity index is 1280. The van der Waals surface area contributed by atoms with Crippen LogP contribution >= 0.6 is 12.2 Å². The van der Waals surface area contributed by atoms with Crippen molar-refractivity contribution in [2.75, 3.05) is 4.90 Å². The number of aryl methyl sites for hydroxylation is 2. The molecule has 0 aliphatic carbocycles. The fraction of sp³-hybridized carbons (Fsp3) is 0.154.